The fraction of sp³-hybridized carbons (Fsp3) is 0.500. The molecule has 0 unspecified atom stereocenters. The summed E-state index contributed by atoms with van der Waals surface area (Å²) in [6.07, 6.45) is 0.945. The lowest BCUT2D eigenvalue weighted by Gasteiger charge is -2.39. The van der Waals surface area contributed by atoms with Crippen molar-refractivity contribution in [1.29, 1.82) is 0 Å². The quantitative estimate of drug-likeness (QED) is 0.863. The van der Waals surface area contributed by atoms with E-state index in [4.69, 9.17) is 4.74 Å². The van der Waals surface area contributed by atoms with Crippen LogP contribution in [0.3, 0.4) is 0 Å². The summed E-state index contributed by atoms with van der Waals surface area (Å²) in [5.41, 5.74) is 2.14. The highest BCUT2D eigenvalue weighted by Gasteiger charge is 2.34. The molecule has 18 heavy (non-hydrogen) atoms. The third kappa shape index (κ3) is 2.02. The van der Waals surface area contributed by atoms with Gasteiger partial charge in [-0.05, 0) is 25.0 Å². The maximum absolute atomic E-state index is 12.2. The van der Waals surface area contributed by atoms with Gasteiger partial charge in [-0.1, -0.05) is 18.2 Å². The van der Waals surface area contributed by atoms with Crippen LogP contribution >= 0.6 is 0 Å². The van der Waals surface area contributed by atoms with Crippen LogP contribution in [0, 0.1) is 0 Å². The summed E-state index contributed by atoms with van der Waals surface area (Å²) in [4.78, 5) is 14.0. The Balaban J connectivity index is 1.64. The van der Waals surface area contributed by atoms with E-state index in [9.17, 15) is 4.79 Å². The predicted molar refractivity (Wildman–Crippen MR) is 69.7 cm³/mol. The van der Waals surface area contributed by atoms with Crippen molar-refractivity contribution in [2.75, 3.05) is 31.1 Å². The second-order valence-electron chi connectivity index (χ2n) is 5.27. The summed E-state index contributed by atoms with van der Waals surface area (Å²) in [7, 11) is 0. The highest BCUT2D eigenvalue weighted by molar-refractivity contribution is 5.96. The third-order valence-electron chi connectivity index (χ3n) is 3.73. The fourth-order valence-corrected chi connectivity index (χ4v) is 2.49. The SMILES string of the molecule is CC1(OCC(=O)N2CCc3ccccc32)CNC1. The van der Waals surface area contributed by atoms with Crippen LogP contribution in [0.5, 0.6) is 0 Å². The number of ether oxygens (including phenoxy) is 1. The standard InChI is InChI=1S/C14H18N2O2/c1-14(9-15-10-14)18-8-13(17)16-7-6-11-4-2-3-5-12(11)16/h2-5,15H,6-10H2,1H3. The lowest BCUT2D eigenvalue weighted by Crippen LogP contribution is -2.59. The van der Waals surface area contributed by atoms with Crippen LogP contribution in [0.4, 0.5) is 5.69 Å². The van der Waals surface area contributed by atoms with Gasteiger partial charge in [-0.2, -0.15) is 0 Å². The van der Waals surface area contributed by atoms with E-state index in [-0.39, 0.29) is 18.1 Å². The zero-order valence-corrected chi connectivity index (χ0v) is 10.6. The zero-order chi connectivity index (χ0) is 12.6. The Bertz CT molecular complexity index is 469. The number of nitrogens with zero attached hydrogens (tertiary/aromatic N) is 1. The molecule has 1 aromatic carbocycles. The molecule has 3 rings (SSSR count). The normalized spacial score (nSPS) is 20.4. The number of carbonyl (C=O) groups excluding carboxylic acids is 1. The first-order valence-corrected chi connectivity index (χ1v) is 6.41. The van der Waals surface area contributed by atoms with Gasteiger partial charge in [0.1, 0.15) is 6.61 Å². The molecule has 1 saturated heterocycles. The van der Waals surface area contributed by atoms with Gasteiger partial charge in [0, 0.05) is 25.3 Å². The van der Waals surface area contributed by atoms with E-state index in [0.717, 1.165) is 31.7 Å². The van der Waals surface area contributed by atoms with Gasteiger partial charge in [0.25, 0.3) is 5.91 Å². The number of anilines is 1. The van der Waals surface area contributed by atoms with Crippen LogP contribution in [0.15, 0.2) is 24.3 Å². The number of rotatable bonds is 3. The third-order valence-corrected chi connectivity index (χ3v) is 3.73. The van der Waals surface area contributed by atoms with Crippen LogP contribution in [-0.4, -0.2) is 37.7 Å². The van der Waals surface area contributed by atoms with Crippen LogP contribution in [0.1, 0.15) is 12.5 Å². The van der Waals surface area contributed by atoms with Crippen molar-refractivity contribution in [3.63, 3.8) is 0 Å². The number of carbonyl (C=O) groups is 1. The van der Waals surface area contributed by atoms with Gasteiger partial charge in [0.15, 0.2) is 0 Å². The molecular formula is C14H18N2O2. The molecule has 0 spiro atoms. The minimum absolute atomic E-state index is 0.0630. The molecule has 2 aliphatic heterocycles. The number of amides is 1. The lowest BCUT2D eigenvalue weighted by molar-refractivity contribution is -0.133. The molecule has 0 saturated carbocycles. The largest absolute Gasteiger partial charge is 0.363 e. The van der Waals surface area contributed by atoms with Crippen molar-refractivity contribution in [1.82, 2.24) is 5.32 Å². The molecule has 2 aliphatic rings. The summed E-state index contributed by atoms with van der Waals surface area (Å²) in [5.74, 6) is 0.0630. The van der Waals surface area contributed by atoms with Crippen molar-refractivity contribution in [2.24, 2.45) is 0 Å². The smallest absolute Gasteiger partial charge is 0.253 e. The van der Waals surface area contributed by atoms with Gasteiger partial charge in [-0.25, -0.2) is 0 Å². The molecule has 1 amide bonds. The van der Waals surface area contributed by atoms with E-state index in [1.54, 1.807) is 0 Å². The van der Waals surface area contributed by atoms with Gasteiger partial charge >= 0.3 is 0 Å². The van der Waals surface area contributed by atoms with Crippen molar-refractivity contribution >= 4 is 11.6 Å². The Morgan fingerprint density at radius 3 is 2.94 bits per heavy atom. The van der Waals surface area contributed by atoms with Crippen LogP contribution < -0.4 is 10.2 Å². The second kappa shape index (κ2) is 4.37. The maximum atomic E-state index is 12.2. The van der Waals surface area contributed by atoms with Gasteiger partial charge in [0.05, 0.1) is 5.60 Å². The first-order valence-electron chi connectivity index (χ1n) is 6.41. The number of hydrogen-bond acceptors (Lipinski definition) is 3. The topological polar surface area (TPSA) is 41.6 Å². The summed E-state index contributed by atoms with van der Waals surface area (Å²) in [6, 6.07) is 8.08. The highest BCUT2D eigenvalue weighted by atomic mass is 16.5. The van der Waals surface area contributed by atoms with Crippen molar-refractivity contribution in [2.45, 2.75) is 18.9 Å². The monoisotopic (exact) mass is 246 g/mol. The molecular weight excluding hydrogens is 228 g/mol. The molecule has 1 N–H and O–H groups in total. The van der Waals surface area contributed by atoms with Gasteiger partial charge < -0.3 is 15.0 Å². The van der Waals surface area contributed by atoms with E-state index in [1.165, 1.54) is 5.56 Å². The Kier molecular flexibility index (Phi) is 2.84. The highest BCUT2D eigenvalue weighted by Crippen LogP contribution is 2.27. The zero-order valence-electron chi connectivity index (χ0n) is 10.6. The van der Waals surface area contributed by atoms with Crippen molar-refractivity contribution in [3.05, 3.63) is 29.8 Å². The summed E-state index contributed by atoms with van der Waals surface area (Å²) < 4.78 is 5.70. The average molecular weight is 246 g/mol. The maximum Gasteiger partial charge on any atom is 0.253 e. The minimum atomic E-state index is -0.158. The fourth-order valence-electron chi connectivity index (χ4n) is 2.49. The Morgan fingerprint density at radius 1 is 1.44 bits per heavy atom. The number of para-hydroxylation sites is 1. The van der Waals surface area contributed by atoms with Crippen LogP contribution in [-0.2, 0) is 16.0 Å². The molecule has 0 bridgehead atoms. The van der Waals surface area contributed by atoms with Crippen LogP contribution in [0.2, 0.25) is 0 Å². The first-order chi connectivity index (χ1) is 8.68. The molecule has 96 valence electrons. The summed E-state index contributed by atoms with van der Waals surface area (Å²) >= 11 is 0. The van der Waals surface area contributed by atoms with E-state index in [0.29, 0.717) is 0 Å². The van der Waals surface area contributed by atoms with E-state index < -0.39 is 0 Å². The molecule has 4 heteroatoms. The summed E-state index contributed by atoms with van der Waals surface area (Å²) in [5, 5.41) is 3.16. The Hall–Kier alpha value is -1.39. The molecule has 1 fully saturated rings. The molecule has 1 aromatic rings. The molecule has 4 nitrogen and oxygen atoms in total. The number of fused-ring (bicyclic) bond motifs is 1. The predicted octanol–water partition coefficient (Wildman–Crippen LogP) is 0.954. The van der Waals surface area contributed by atoms with Gasteiger partial charge in [-0.3, -0.25) is 4.79 Å². The van der Waals surface area contributed by atoms with E-state index in [1.807, 2.05) is 30.0 Å². The van der Waals surface area contributed by atoms with E-state index in [2.05, 4.69) is 11.4 Å². The number of nitrogens with one attached hydrogen (secondary N) is 1. The molecule has 0 radical (unpaired) electrons. The second-order valence-corrected chi connectivity index (χ2v) is 5.27. The molecule has 0 atom stereocenters. The molecule has 2 heterocycles. The van der Waals surface area contributed by atoms with E-state index >= 15 is 0 Å². The van der Waals surface area contributed by atoms with Crippen molar-refractivity contribution in [3.8, 4) is 0 Å². The van der Waals surface area contributed by atoms with Crippen molar-refractivity contribution < 1.29 is 9.53 Å². The Labute approximate surface area is 107 Å². The number of hydrogen-bond donors (Lipinski definition) is 1. The molecule has 0 aliphatic carbocycles. The number of benzene rings is 1. The van der Waals surface area contributed by atoms with Gasteiger partial charge in [-0.15, -0.1) is 0 Å². The average Bonchev–Trinajstić information content (AvgIpc) is 2.77. The van der Waals surface area contributed by atoms with Crippen LogP contribution in [0.25, 0.3) is 0 Å². The Morgan fingerprint density at radius 2 is 2.22 bits per heavy atom. The molecule has 0 aromatic heterocycles. The summed E-state index contributed by atoms with van der Waals surface area (Å²) in [6.45, 7) is 4.64. The minimum Gasteiger partial charge on any atom is -0.363 e. The lowest BCUT2D eigenvalue weighted by atomic mass is 10.0. The first kappa shape index (κ1) is 11.7. The van der Waals surface area contributed by atoms with Gasteiger partial charge in [0.2, 0.25) is 0 Å².